The minimum absolute atomic E-state index is 0.0516. The van der Waals surface area contributed by atoms with Gasteiger partial charge in [-0.15, -0.1) is 5.10 Å². The molecule has 0 saturated heterocycles. The van der Waals surface area contributed by atoms with Crippen molar-refractivity contribution in [3.63, 3.8) is 0 Å². The van der Waals surface area contributed by atoms with Gasteiger partial charge in [-0.25, -0.2) is 8.78 Å². The Morgan fingerprint density at radius 1 is 1.13 bits per heavy atom. The molecule has 158 valence electrons. The predicted molar refractivity (Wildman–Crippen MR) is 105 cm³/mol. The molecule has 0 spiro atoms. The van der Waals surface area contributed by atoms with E-state index in [1.165, 1.54) is 18.2 Å². The maximum Gasteiger partial charge on any atom is 0.285 e. The van der Waals surface area contributed by atoms with Gasteiger partial charge in [0.2, 0.25) is 0 Å². The summed E-state index contributed by atoms with van der Waals surface area (Å²) >= 11 is 6.22. The topological polar surface area (TPSA) is 55.2 Å². The van der Waals surface area contributed by atoms with E-state index in [0.717, 1.165) is 35.4 Å². The van der Waals surface area contributed by atoms with E-state index in [4.69, 9.17) is 11.6 Å². The van der Waals surface area contributed by atoms with Gasteiger partial charge >= 0.3 is 0 Å². The molecule has 30 heavy (non-hydrogen) atoms. The van der Waals surface area contributed by atoms with Crippen LogP contribution in [0.25, 0.3) is 10.9 Å². The Morgan fingerprint density at radius 2 is 1.80 bits per heavy atom. The van der Waals surface area contributed by atoms with Crippen molar-refractivity contribution in [2.75, 3.05) is 11.4 Å². The first kappa shape index (κ1) is 20.7. The van der Waals surface area contributed by atoms with Gasteiger partial charge < -0.3 is 4.90 Å². The number of alkyl halides is 4. The summed E-state index contributed by atoms with van der Waals surface area (Å²) in [4.78, 5) is 0.828. The Morgan fingerprint density at radius 3 is 2.37 bits per heavy atom. The molecule has 0 fully saturated rings. The maximum atomic E-state index is 13.6. The molecular formula is C19H14ClF4N3O2S. The summed E-state index contributed by atoms with van der Waals surface area (Å²) in [6.45, 7) is -0.0181. The van der Waals surface area contributed by atoms with Crippen LogP contribution >= 0.6 is 11.6 Å². The van der Waals surface area contributed by atoms with Crippen molar-refractivity contribution in [1.82, 2.24) is 9.19 Å². The molecule has 0 aliphatic carbocycles. The summed E-state index contributed by atoms with van der Waals surface area (Å²) in [6, 6.07) is 8.53. The first-order valence-electron chi connectivity index (χ1n) is 8.65. The summed E-state index contributed by atoms with van der Waals surface area (Å²) in [5.41, 5.74) is -0.272. The van der Waals surface area contributed by atoms with E-state index < -0.39 is 28.4 Å². The van der Waals surface area contributed by atoms with Crippen LogP contribution in [0.5, 0.6) is 0 Å². The maximum absolute atomic E-state index is 13.6. The molecular weight excluding hydrogens is 446 g/mol. The number of halogens is 5. The Balaban J connectivity index is 1.87. The lowest BCUT2D eigenvalue weighted by molar-refractivity contribution is 0.0174. The van der Waals surface area contributed by atoms with Crippen LogP contribution in [0.15, 0.2) is 59.6 Å². The van der Waals surface area contributed by atoms with Crippen LogP contribution in [0, 0.1) is 0 Å². The zero-order valence-corrected chi connectivity index (χ0v) is 16.9. The number of aromatic nitrogens is 2. The van der Waals surface area contributed by atoms with Crippen LogP contribution < -0.4 is 4.90 Å². The lowest BCUT2D eigenvalue weighted by atomic mass is 10.1. The molecule has 0 unspecified atom stereocenters. The molecule has 0 bridgehead atoms. The summed E-state index contributed by atoms with van der Waals surface area (Å²) in [5, 5.41) is 4.37. The zero-order chi connectivity index (χ0) is 21.9. The summed E-state index contributed by atoms with van der Waals surface area (Å²) < 4.78 is 81.2. The summed E-state index contributed by atoms with van der Waals surface area (Å²) in [6.07, 6.45) is 1.80. The normalized spacial score (nSPS) is 16.5. The molecule has 2 aromatic carbocycles. The van der Waals surface area contributed by atoms with Gasteiger partial charge in [0, 0.05) is 24.8 Å². The molecule has 0 saturated carbocycles. The van der Waals surface area contributed by atoms with Gasteiger partial charge in [-0.3, -0.25) is 0 Å². The van der Waals surface area contributed by atoms with E-state index >= 15 is 0 Å². The lowest BCUT2D eigenvalue weighted by Gasteiger charge is -2.15. The lowest BCUT2D eigenvalue weighted by Crippen LogP contribution is -2.26. The SMILES string of the molecule is CC(F)(F)c1ccc(S(=O)(=O)n2nc(N3C=CC(F)(F)C3)c3c(Cl)cccc32)cc1. The number of hydrogen-bond donors (Lipinski definition) is 0. The monoisotopic (exact) mass is 459 g/mol. The Hall–Kier alpha value is -2.59. The first-order valence-corrected chi connectivity index (χ1v) is 10.5. The average molecular weight is 460 g/mol. The summed E-state index contributed by atoms with van der Waals surface area (Å²) in [5.74, 6) is -6.28. The van der Waals surface area contributed by atoms with E-state index in [1.807, 2.05) is 0 Å². The summed E-state index contributed by atoms with van der Waals surface area (Å²) in [7, 11) is -4.32. The third kappa shape index (κ3) is 3.43. The Kier molecular flexibility index (Phi) is 4.62. The van der Waals surface area contributed by atoms with E-state index in [-0.39, 0.29) is 32.2 Å². The van der Waals surface area contributed by atoms with Crippen molar-refractivity contribution >= 4 is 38.3 Å². The molecule has 0 radical (unpaired) electrons. The van der Waals surface area contributed by atoms with Gasteiger partial charge in [-0.1, -0.05) is 29.8 Å². The Labute approximate surface area is 174 Å². The third-order valence-electron chi connectivity index (χ3n) is 4.65. The molecule has 2 heterocycles. The fraction of sp³-hybridized carbons (Fsp3) is 0.211. The highest BCUT2D eigenvalue weighted by Crippen LogP contribution is 2.37. The molecule has 1 aliphatic heterocycles. The number of benzene rings is 2. The molecule has 4 rings (SSSR count). The highest BCUT2D eigenvalue weighted by Gasteiger charge is 2.36. The van der Waals surface area contributed by atoms with E-state index in [1.54, 1.807) is 0 Å². The van der Waals surface area contributed by atoms with Crippen molar-refractivity contribution in [2.45, 2.75) is 23.7 Å². The highest BCUT2D eigenvalue weighted by molar-refractivity contribution is 7.90. The molecule has 1 aliphatic rings. The van der Waals surface area contributed by atoms with Crippen molar-refractivity contribution in [1.29, 1.82) is 0 Å². The van der Waals surface area contributed by atoms with Gasteiger partial charge in [0.1, 0.15) is 0 Å². The number of hydrogen-bond acceptors (Lipinski definition) is 4. The van der Waals surface area contributed by atoms with Crippen LogP contribution in [0.2, 0.25) is 5.02 Å². The van der Waals surface area contributed by atoms with Crippen LogP contribution in [-0.4, -0.2) is 30.1 Å². The molecule has 0 N–H and O–H groups in total. The molecule has 0 atom stereocenters. The van der Waals surface area contributed by atoms with Crippen molar-refractivity contribution < 1.29 is 26.0 Å². The quantitative estimate of drug-likeness (QED) is 0.515. The second kappa shape index (κ2) is 6.71. The number of anilines is 1. The van der Waals surface area contributed by atoms with Crippen LogP contribution in [0.3, 0.4) is 0 Å². The standard InChI is InChI=1S/C19H14ClF4N3O2S/c1-18(21,22)12-5-7-13(8-6-12)30(28,29)27-15-4-2-3-14(20)16(15)17(25-27)26-10-9-19(23,24)11-26/h2-10H,11H2,1H3. The number of rotatable bonds is 4. The van der Waals surface area contributed by atoms with E-state index in [0.29, 0.717) is 17.1 Å². The van der Waals surface area contributed by atoms with Crippen LogP contribution in [-0.2, 0) is 15.9 Å². The molecule has 0 amide bonds. The predicted octanol–water partition coefficient (Wildman–Crippen LogP) is 5.01. The highest BCUT2D eigenvalue weighted by atomic mass is 35.5. The van der Waals surface area contributed by atoms with Crippen molar-refractivity contribution in [3.05, 3.63) is 65.3 Å². The van der Waals surface area contributed by atoms with E-state index in [2.05, 4.69) is 5.10 Å². The Bertz CT molecular complexity index is 1270. The number of nitrogens with zero attached hydrogens (tertiary/aromatic N) is 3. The van der Waals surface area contributed by atoms with Gasteiger partial charge in [-0.2, -0.15) is 21.3 Å². The van der Waals surface area contributed by atoms with Gasteiger partial charge in [0.05, 0.1) is 27.4 Å². The van der Waals surface area contributed by atoms with Crippen LogP contribution in [0.4, 0.5) is 23.4 Å². The van der Waals surface area contributed by atoms with Gasteiger partial charge in [0.15, 0.2) is 5.82 Å². The second-order valence-corrected chi connectivity index (χ2v) is 9.10. The minimum atomic E-state index is -4.32. The second-order valence-electron chi connectivity index (χ2n) is 6.92. The largest absolute Gasteiger partial charge is 0.325 e. The first-order chi connectivity index (χ1) is 13.9. The molecule has 3 aromatic rings. The fourth-order valence-corrected chi connectivity index (χ4v) is 4.69. The van der Waals surface area contributed by atoms with Crippen molar-refractivity contribution in [3.8, 4) is 0 Å². The average Bonchev–Trinajstić information content (AvgIpc) is 3.22. The minimum Gasteiger partial charge on any atom is -0.325 e. The smallest absolute Gasteiger partial charge is 0.285 e. The molecule has 11 heteroatoms. The van der Waals surface area contributed by atoms with Crippen LogP contribution in [0.1, 0.15) is 12.5 Å². The van der Waals surface area contributed by atoms with E-state index in [9.17, 15) is 26.0 Å². The fourth-order valence-electron chi connectivity index (χ4n) is 3.16. The number of fused-ring (bicyclic) bond motifs is 1. The van der Waals surface area contributed by atoms with Gasteiger partial charge in [-0.05, 0) is 24.3 Å². The third-order valence-corrected chi connectivity index (χ3v) is 6.56. The molecule has 5 nitrogen and oxygen atoms in total. The zero-order valence-electron chi connectivity index (χ0n) is 15.4. The molecule has 1 aromatic heterocycles. The van der Waals surface area contributed by atoms with Gasteiger partial charge in [0.25, 0.3) is 21.9 Å². The van der Waals surface area contributed by atoms with Crippen molar-refractivity contribution in [2.24, 2.45) is 0 Å².